The summed E-state index contributed by atoms with van der Waals surface area (Å²) in [5, 5.41) is 12.6. The summed E-state index contributed by atoms with van der Waals surface area (Å²) >= 11 is 6.74. The molecule has 4 aliphatic rings. The molecule has 9 heteroatoms. The number of hydrogen-bond donors (Lipinski definition) is 0. The van der Waals surface area contributed by atoms with Gasteiger partial charge in [-0.05, 0) is 75.8 Å². The van der Waals surface area contributed by atoms with Crippen molar-refractivity contribution in [2.75, 3.05) is 62.2 Å². The number of hydrogen-bond acceptors (Lipinski definition) is 8. The minimum absolute atomic E-state index is 0.119. The topological polar surface area (TPSA) is 71.8 Å². The number of nitriles is 1. The van der Waals surface area contributed by atoms with E-state index in [4.69, 9.17) is 26.3 Å². The molecule has 8 nitrogen and oxygen atoms in total. The normalized spacial score (nSPS) is 21.6. The number of anilines is 2. The van der Waals surface area contributed by atoms with Crippen LogP contribution in [0.4, 0.5) is 11.5 Å². The first-order chi connectivity index (χ1) is 21.6. The van der Waals surface area contributed by atoms with Crippen molar-refractivity contribution >= 4 is 33.9 Å². The SMILES string of the molecule is CC=CN1CCN(c2nc(OCC3(CN4CCCC4)CC3)nc3c2CCN(c2cccc4cccc(Cl)c24)C3)CC1CC#N. The maximum Gasteiger partial charge on any atom is 0.318 e. The van der Waals surface area contributed by atoms with Crippen LogP contribution in [-0.2, 0) is 13.0 Å². The zero-order chi connectivity index (χ0) is 30.1. The van der Waals surface area contributed by atoms with Gasteiger partial charge < -0.3 is 24.3 Å². The fraction of sp³-hybridized carbons (Fsp3) is 0.514. The standard InChI is InChI=1S/C35H42ClN7O/c1-2-16-41-20-21-43(22-27(41)11-15-37)33-28-12-19-42(31-10-6-8-26-7-5-9-29(36)32(26)31)23-30(28)38-34(39-33)44-25-35(13-14-35)24-40-17-3-4-18-40/h2,5-10,16,27H,3-4,11-14,17-25H2,1H3. The van der Waals surface area contributed by atoms with Crippen molar-refractivity contribution in [2.45, 2.75) is 58.0 Å². The van der Waals surface area contributed by atoms with E-state index in [1.165, 1.54) is 44.3 Å². The molecule has 1 atom stereocenters. The van der Waals surface area contributed by atoms with Crippen LogP contribution in [-0.4, -0.2) is 78.2 Å². The van der Waals surface area contributed by atoms with Crippen LogP contribution < -0.4 is 14.5 Å². The van der Waals surface area contributed by atoms with Gasteiger partial charge in [0.25, 0.3) is 0 Å². The van der Waals surface area contributed by atoms with Crippen LogP contribution in [0.1, 0.15) is 50.3 Å². The summed E-state index contributed by atoms with van der Waals surface area (Å²) in [6, 6.07) is 15.5. The number of piperazine rings is 1. The van der Waals surface area contributed by atoms with Gasteiger partial charge in [-0.15, -0.1) is 0 Å². The van der Waals surface area contributed by atoms with Crippen molar-refractivity contribution in [1.82, 2.24) is 19.8 Å². The van der Waals surface area contributed by atoms with Gasteiger partial charge in [0.15, 0.2) is 0 Å². The molecule has 3 aliphatic heterocycles. The van der Waals surface area contributed by atoms with Crippen LogP contribution in [0, 0.1) is 16.7 Å². The zero-order valence-electron chi connectivity index (χ0n) is 25.7. The molecule has 1 aromatic heterocycles. The number of rotatable bonds is 9. The van der Waals surface area contributed by atoms with Gasteiger partial charge in [0.05, 0.1) is 42.4 Å². The number of benzene rings is 2. The van der Waals surface area contributed by atoms with Crippen molar-refractivity contribution < 1.29 is 4.74 Å². The minimum atomic E-state index is 0.119. The second-order valence-corrected chi connectivity index (χ2v) is 13.4. The van der Waals surface area contributed by atoms with Crippen molar-refractivity contribution in [2.24, 2.45) is 5.41 Å². The molecule has 1 aliphatic carbocycles. The van der Waals surface area contributed by atoms with Crippen LogP contribution >= 0.6 is 11.6 Å². The van der Waals surface area contributed by atoms with Crippen molar-refractivity contribution in [3.8, 4) is 12.1 Å². The average molecular weight is 612 g/mol. The van der Waals surface area contributed by atoms with Gasteiger partial charge in [0.2, 0.25) is 0 Å². The van der Waals surface area contributed by atoms with Gasteiger partial charge >= 0.3 is 6.01 Å². The molecule has 1 unspecified atom stereocenters. The van der Waals surface area contributed by atoms with E-state index in [-0.39, 0.29) is 11.5 Å². The van der Waals surface area contributed by atoms with Gasteiger partial charge in [-0.25, -0.2) is 0 Å². The maximum atomic E-state index is 9.60. The van der Waals surface area contributed by atoms with Crippen molar-refractivity contribution in [3.05, 3.63) is 65.0 Å². The molecule has 44 heavy (non-hydrogen) atoms. The monoisotopic (exact) mass is 611 g/mol. The van der Waals surface area contributed by atoms with E-state index >= 15 is 0 Å². The number of likely N-dealkylation sites (tertiary alicyclic amines) is 1. The predicted molar refractivity (Wildman–Crippen MR) is 176 cm³/mol. The summed E-state index contributed by atoms with van der Waals surface area (Å²) in [5.74, 6) is 0.980. The van der Waals surface area contributed by atoms with E-state index < -0.39 is 0 Å². The number of nitrogens with zero attached hydrogens (tertiary/aromatic N) is 7. The highest BCUT2D eigenvalue weighted by Gasteiger charge is 2.45. The molecule has 0 bridgehead atoms. The number of aromatic nitrogens is 2. The van der Waals surface area contributed by atoms with Gasteiger partial charge in [-0.1, -0.05) is 41.9 Å². The first-order valence-corrected chi connectivity index (χ1v) is 16.6. The number of halogens is 1. The third-order valence-corrected chi connectivity index (χ3v) is 10.2. The van der Waals surface area contributed by atoms with Gasteiger partial charge in [-0.2, -0.15) is 15.2 Å². The highest BCUT2D eigenvalue weighted by molar-refractivity contribution is 6.36. The van der Waals surface area contributed by atoms with Crippen LogP contribution in [0.3, 0.4) is 0 Å². The Morgan fingerprint density at radius 3 is 2.64 bits per heavy atom. The third kappa shape index (κ3) is 5.92. The molecule has 3 fully saturated rings. The summed E-state index contributed by atoms with van der Waals surface area (Å²) in [6.07, 6.45) is 10.5. The Labute approximate surface area is 265 Å². The molecule has 0 amide bonds. The second-order valence-electron chi connectivity index (χ2n) is 13.0. The zero-order valence-corrected chi connectivity index (χ0v) is 26.5. The lowest BCUT2D eigenvalue weighted by Gasteiger charge is -2.42. The van der Waals surface area contributed by atoms with Gasteiger partial charge in [0, 0.05) is 54.8 Å². The van der Waals surface area contributed by atoms with Crippen LogP contribution in [0.2, 0.25) is 5.02 Å². The summed E-state index contributed by atoms with van der Waals surface area (Å²) in [6.45, 7) is 10.2. The number of allylic oxidation sites excluding steroid dienone is 1. The molecule has 7 rings (SSSR count). The van der Waals surface area contributed by atoms with Crippen LogP contribution in [0.15, 0.2) is 48.7 Å². The second kappa shape index (κ2) is 12.5. The predicted octanol–water partition coefficient (Wildman–Crippen LogP) is 6.04. The fourth-order valence-corrected chi connectivity index (χ4v) is 7.63. The summed E-state index contributed by atoms with van der Waals surface area (Å²) < 4.78 is 6.52. The maximum absolute atomic E-state index is 9.60. The summed E-state index contributed by atoms with van der Waals surface area (Å²) in [5.41, 5.74) is 3.59. The molecule has 3 aromatic rings. The molecule has 0 radical (unpaired) electrons. The first kappa shape index (κ1) is 29.2. The highest BCUT2D eigenvalue weighted by atomic mass is 35.5. The first-order valence-electron chi connectivity index (χ1n) is 16.2. The molecule has 4 heterocycles. The van der Waals surface area contributed by atoms with E-state index in [1.54, 1.807) is 0 Å². The lowest BCUT2D eigenvalue weighted by atomic mass is 10.0. The van der Waals surface area contributed by atoms with E-state index in [0.717, 1.165) is 72.1 Å². The van der Waals surface area contributed by atoms with E-state index in [1.807, 2.05) is 19.1 Å². The highest BCUT2D eigenvalue weighted by Crippen LogP contribution is 2.47. The third-order valence-electron chi connectivity index (χ3n) is 9.91. The van der Waals surface area contributed by atoms with Crippen molar-refractivity contribution in [1.29, 1.82) is 5.26 Å². The van der Waals surface area contributed by atoms with E-state index in [9.17, 15) is 5.26 Å². The largest absolute Gasteiger partial charge is 0.463 e. The molecular formula is C35H42ClN7O. The Morgan fingerprint density at radius 1 is 1.05 bits per heavy atom. The Hall–Kier alpha value is -3.54. The van der Waals surface area contributed by atoms with Gasteiger partial charge in [-0.3, -0.25) is 0 Å². The molecular weight excluding hydrogens is 570 g/mol. The lowest BCUT2D eigenvalue weighted by Crippen LogP contribution is -2.51. The smallest absolute Gasteiger partial charge is 0.318 e. The Morgan fingerprint density at radius 2 is 1.86 bits per heavy atom. The summed E-state index contributed by atoms with van der Waals surface area (Å²) in [7, 11) is 0. The van der Waals surface area contributed by atoms with Crippen LogP contribution in [0.25, 0.3) is 10.8 Å². The van der Waals surface area contributed by atoms with Crippen molar-refractivity contribution in [3.63, 3.8) is 0 Å². The number of ether oxygens (including phenoxy) is 1. The quantitative estimate of drug-likeness (QED) is 0.290. The van der Waals surface area contributed by atoms with E-state index in [0.29, 0.717) is 25.6 Å². The van der Waals surface area contributed by atoms with E-state index in [2.05, 4.69) is 62.2 Å². The lowest BCUT2D eigenvalue weighted by molar-refractivity contribution is 0.169. The Kier molecular flexibility index (Phi) is 8.26. The number of fused-ring (bicyclic) bond motifs is 2. The summed E-state index contributed by atoms with van der Waals surface area (Å²) in [4.78, 5) is 19.9. The average Bonchev–Trinajstić information content (AvgIpc) is 3.61. The minimum Gasteiger partial charge on any atom is -0.463 e. The molecule has 1 saturated carbocycles. The molecule has 230 valence electrons. The van der Waals surface area contributed by atoms with Gasteiger partial charge in [0.1, 0.15) is 5.82 Å². The molecule has 0 spiro atoms. The van der Waals surface area contributed by atoms with Crippen LogP contribution in [0.5, 0.6) is 6.01 Å². The fourth-order valence-electron chi connectivity index (χ4n) is 7.35. The Balaban J connectivity index is 1.20. The molecule has 2 saturated heterocycles. The Bertz CT molecular complexity index is 1570. The molecule has 2 aromatic carbocycles. The molecule has 0 N–H and O–H groups in total.